The summed E-state index contributed by atoms with van der Waals surface area (Å²) >= 11 is 6.26. The standard InChI is InChI=1S/C16H19ClN2O2/c1-5-19-14(16(17)11(3)18-19)9-21-15-7-6-10(2)8-13(15)12(4)20/h6-8H,5,9H2,1-4H3. The van der Waals surface area contributed by atoms with Crippen LogP contribution in [0.1, 0.15) is 41.2 Å². The monoisotopic (exact) mass is 306 g/mol. The van der Waals surface area contributed by atoms with Crippen LogP contribution in [0.5, 0.6) is 5.75 Å². The second-order valence-corrected chi connectivity index (χ2v) is 5.38. The molecular weight excluding hydrogens is 288 g/mol. The van der Waals surface area contributed by atoms with Gasteiger partial charge in [0.05, 0.1) is 22.0 Å². The Morgan fingerprint density at radius 2 is 2.10 bits per heavy atom. The summed E-state index contributed by atoms with van der Waals surface area (Å²) in [6.45, 7) is 8.36. The van der Waals surface area contributed by atoms with Crippen LogP contribution in [0.25, 0.3) is 0 Å². The largest absolute Gasteiger partial charge is 0.486 e. The number of rotatable bonds is 5. The number of hydrogen-bond donors (Lipinski definition) is 0. The molecule has 5 heteroatoms. The van der Waals surface area contributed by atoms with Gasteiger partial charge in [0.15, 0.2) is 5.78 Å². The van der Waals surface area contributed by atoms with Gasteiger partial charge in [-0.3, -0.25) is 9.48 Å². The lowest BCUT2D eigenvalue weighted by Crippen LogP contribution is -2.08. The summed E-state index contributed by atoms with van der Waals surface area (Å²) in [5.41, 5.74) is 3.23. The summed E-state index contributed by atoms with van der Waals surface area (Å²) in [6, 6.07) is 5.58. The molecule has 0 aliphatic heterocycles. The lowest BCUT2D eigenvalue weighted by atomic mass is 10.1. The minimum absolute atomic E-state index is 0.0139. The van der Waals surface area contributed by atoms with Gasteiger partial charge in [0.1, 0.15) is 12.4 Å². The third-order valence-electron chi connectivity index (χ3n) is 3.33. The van der Waals surface area contributed by atoms with Crippen molar-refractivity contribution >= 4 is 17.4 Å². The van der Waals surface area contributed by atoms with E-state index in [0.29, 0.717) is 16.3 Å². The lowest BCUT2D eigenvalue weighted by Gasteiger charge is -2.11. The summed E-state index contributed by atoms with van der Waals surface area (Å²) in [5, 5.41) is 4.97. The van der Waals surface area contributed by atoms with E-state index in [1.807, 2.05) is 43.7 Å². The number of aryl methyl sites for hydroxylation is 3. The van der Waals surface area contributed by atoms with Gasteiger partial charge in [0.2, 0.25) is 0 Å². The average Bonchev–Trinajstić information content (AvgIpc) is 2.72. The Morgan fingerprint density at radius 1 is 1.38 bits per heavy atom. The van der Waals surface area contributed by atoms with E-state index in [9.17, 15) is 4.79 Å². The summed E-state index contributed by atoms with van der Waals surface area (Å²) in [5.74, 6) is 0.561. The van der Waals surface area contributed by atoms with Crippen molar-refractivity contribution in [3.05, 3.63) is 45.7 Å². The molecule has 1 aromatic heterocycles. The van der Waals surface area contributed by atoms with Crippen LogP contribution in [-0.4, -0.2) is 15.6 Å². The van der Waals surface area contributed by atoms with Crippen molar-refractivity contribution in [1.29, 1.82) is 0 Å². The first-order valence-electron chi connectivity index (χ1n) is 6.90. The summed E-state index contributed by atoms with van der Waals surface area (Å²) in [4.78, 5) is 11.7. The van der Waals surface area contributed by atoms with Crippen molar-refractivity contribution in [1.82, 2.24) is 9.78 Å². The minimum atomic E-state index is -0.0139. The van der Waals surface area contributed by atoms with Crippen LogP contribution < -0.4 is 4.74 Å². The van der Waals surface area contributed by atoms with Gasteiger partial charge in [0, 0.05) is 6.54 Å². The van der Waals surface area contributed by atoms with Gasteiger partial charge in [-0.25, -0.2) is 0 Å². The van der Waals surface area contributed by atoms with E-state index in [1.54, 1.807) is 0 Å². The van der Waals surface area contributed by atoms with Gasteiger partial charge in [-0.2, -0.15) is 5.10 Å². The SMILES string of the molecule is CCn1nc(C)c(Cl)c1COc1ccc(C)cc1C(C)=O. The van der Waals surface area contributed by atoms with Gasteiger partial charge >= 0.3 is 0 Å². The van der Waals surface area contributed by atoms with Crippen molar-refractivity contribution in [2.75, 3.05) is 0 Å². The zero-order chi connectivity index (χ0) is 15.6. The Balaban J connectivity index is 2.27. The van der Waals surface area contributed by atoms with Gasteiger partial charge in [0.25, 0.3) is 0 Å². The summed E-state index contributed by atoms with van der Waals surface area (Å²) in [6.07, 6.45) is 0. The zero-order valence-corrected chi connectivity index (χ0v) is 13.5. The summed E-state index contributed by atoms with van der Waals surface area (Å²) in [7, 11) is 0. The van der Waals surface area contributed by atoms with Crippen molar-refractivity contribution < 1.29 is 9.53 Å². The number of aromatic nitrogens is 2. The van der Waals surface area contributed by atoms with E-state index in [4.69, 9.17) is 16.3 Å². The van der Waals surface area contributed by atoms with Gasteiger partial charge in [-0.05, 0) is 39.8 Å². The second kappa shape index (κ2) is 6.31. The Kier molecular flexibility index (Phi) is 4.68. The quantitative estimate of drug-likeness (QED) is 0.786. The molecule has 112 valence electrons. The molecule has 0 N–H and O–H groups in total. The fourth-order valence-corrected chi connectivity index (χ4v) is 2.39. The molecule has 0 aliphatic rings. The number of Topliss-reactive ketones (excluding diaryl/α,β-unsaturated/α-hetero) is 1. The summed E-state index contributed by atoms with van der Waals surface area (Å²) < 4.78 is 7.63. The molecule has 0 atom stereocenters. The van der Waals surface area contributed by atoms with Crippen LogP contribution in [0, 0.1) is 13.8 Å². The van der Waals surface area contributed by atoms with Crippen LogP contribution in [0.15, 0.2) is 18.2 Å². The topological polar surface area (TPSA) is 44.1 Å². The molecule has 1 aromatic carbocycles. The Morgan fingerprint density at radius 3 is 2.71 bits per heavy atom. The number of carbonyl (C=O) groups is 1. The normalized spacial score (nSPS) is 10.7. The molecule has 0 fully saturated rings. The number of benzene rings is 1. The van der Waals surface area contributed by atoms with Crippen LogP contribution >= 0.6 is 11.6 Å². The van der Waals surface area contributed by atoms with E-state index < -0.39 is 0 Å². The van der Waals surface area contributed by atoms with E-state index in [-0.39, 0.29) is 12.4 Å². The predicted octanol–water partition coefficient (Wildman–Crippen LogP) is 3.95. The van der Waals surface area contributed by atoms with Crippen LogP contribution in [0.2, 0.25) is 5.02 Å². The molecule has 21 heavy (non-hydrogen) atoms. The van der Waals surface area contributed by atoms with Crippen LogP contribution in [0.4, 0.5) is 0 Å². The number of halogens is 1. The predicted molar refractivity (Wildman–Crippen MR) is 83.2 cm³/mol. The molecule has 0 radical (unpaired) electrons. The average molecular weight is 307 g/mol. The first-order chi connectivity index (χ1) is 9.93. The van der Waals surface area contributed by atoms with Crippen molar-refractivity contribution in [3.8, 4) is 5.75 Å². The molecule has 0 aliphatic carbocycles. The Hall–Kier alpha value is -1.81. The fraction of sp³-hybridized carbons (Fsp3) is 0.375. The van der Waals surface area contributed by atoms with E-state index in [0.717, 1.165) is 23.5 Å². The molecule has 0 bridgehead atoms. The maximum Gasteiger partial charge on any atom is 0.163 e. The molecule has 4 nitrogen and oxygen atoms in total. The fourth-order valence-electron chi connectivity index (χ4n) is 2.20. The molecule has 1 heterocycles. The first-order valence-corrected chi connectivity index (χ1v) is 7.28. The smallest absolute Gasteiger partial charge is 0.163 e. The first kappa shape index (κ1) is 15.6. The Bertz CT molecular complexity index is 677. The number of hydrogen-bond acceptors (Lipinski definition) is 3. The van der Waals surface area contributed by atoms with Gasteiger partial charge in [-0.1, -0.05) is 23.2 Å². The van der Waals surface area contributed by atoms with Crippen molar-refractivity contribution in [2.45, 2.75) is 40.8 Å². The molecule has 0 spiro atoms. The maximum atomic E-state index is 11.7. The molecule has 0 amide bonds. The van der Waals surface area contributed by atoms with Crippen molar-refractivity contribution in [3.63, 3.8) is 0 Å². The molecular formula is C16H19ClN2O2. The van der Waals surface area contributed by atoms with E-state index in [2.05, 4.69) is 5.10 Å². The molecule has 0 saturated carbocycles. The highest BCUT2D eigenvalue weighted by Crippen LogP contribution is 2.25. The molecule has 2 aromatic rings. The highest BCUT2D eigenvalue weighted by atomic mass is 35.5. The lowest BCUT2D eigenvalue weighted by molar-refractivity contribution is 0.101. The van der Waals surface area contributed by atoms with Crippen molar-refractivity contribution in [2.24, 2.45) is 0 Å². The molecule has 0 unspecified atom stereocenters. The molecule has 0 saturated heterocycles. The zero-order valence-electron chi connectivity index (χ0n) is 12.7. The van der Waals surface area contributed by atoms with E-state index >= 15 is 0 Å². The minimum Gasteiger partial charge on any atom is -0.486 e. The van der Waals surface area contributed by atoms with Gasteiger partial charge in [-0.15, -0.1) is 0 Å². The number of ketones is 1. The number of ether oxygens (including phenoxy) is 1. The maximum absolute atomic E-state index is 11.7. The number of nitrogens with zero attached hydrogens (tertiary/aromatic N) is 2. The third-order valence-corrected chi connectivity index (χ3v) is 3.82. The van der Waals surface area contributed by atoms with Gasteiger partial charge < -0.3 is 4.74 Å². The second-order valence-electron chi connectivity index (χ2n) is 5.01. The Labute approximate surface area is 129 Å². The van der Waals surface area contributed by atoms with Crippen LogP contribution in [-0.2, 0) is 13.2 Å². The van der Waals surface area contributed by atoms with E-state index in [1.165, 1.54) is 6.92 Å². The number of carbonyl (C=O) groups excluding carboxylic acids is 1. The highest BCUT2D eigenvalue weighted by Gasteiger charge is 2.15. The third kappa shape index (κ3) is 3.27. The molecule has 2 rings (SSSR count). The highest BCUT2D eigenvalue weighted by molar-refractivity contribution is 6.31. The van der Waals surface area contributed by atoms with Crippen LogP contribution in [0.3, 0.4) is 0 Å².